The van der Waals surface area contributed by atoms with Crippen molar-refractivity contribution in [2.24, 2.45) is 0 Å². The van der Waals surface area contributed by atoms with E-state index in [1.807, 2.05) is 31.2 Å². The lowest BCUT2D eigenvalue weighted by molar-refractivity contribution is -0.133. The third kappa shape index (κ3) is 5.44. The number of esters is 1. The summed E-state index contributed by atoms with van der Waals surface area (Å²) < 4.78 is 4.66. The molecule has 6 nitrogen and oxygen atoms in total. The number of benzene rings is 2. The second-order valence-corrected chi connectivity index (χ2v) is 5.98. The fraction of sp³-hybridized carbons (Fsp3) is 0.250. The largest absolute Gasteiger partial charge is 0.465 e. The van der Waals surface area contributed by atoms with Gasteiger partial charge in [0.15, 0.2) is 0 Å². The van der Waals surface area contributed by atoms with Crippen LogP contribution in [0.1, 0.15) is 28.4 Å². The predicted molar refractivity (Wildman–Crippen MR) is 98.7 cm³/mol. The average molecular weight is 354 g/mol. The Morgan fingerprint density at radius 3 is 2.46 bits per heavy atom. The van der Waals surface area contributed by atoms with Gasteiger partial charge in [-0.25, -0.2) is 4.79 Å². The van der Waals surface area contributed by atoms with Crippen LogP contribution in [0.2, 0.25) is 0 Å². The first-order valence-corrected chi connectivity index (χ1v) is 8.18. The van der Waals surface area contributed by atoms with Crippen molar-refractivity contribution in [1.82, 2.24) is 4.90 Å². The lowest BCUT2D eigenvalue weighted by Gasteiger charge is -2.21. The topological polar surface area (TPSA) is 75.7 Å². The van der Waals surface area contributed by atoms with Gasteiger partial charge in [-0.05, 0) is 30.7 Å². The maximum Gasteiger partial charge on any atom is 0.337 e. The Morgan fingerprint density at radius 2 is 1.81 bits per heavy atom. The normalized spacial score (nSPS) is 10.1. The number of nitrogens with zero attached hydrogens (tertiary/aromatic N) is 1. The highest BCUT2D eigenvalue weighted by atomic mass is 16.5. The lowest BCUT2D eigenvalue weighted by atomic mass is 10.1. The molecule has 2 aromatic rings. The van der Waals surface area contributed by atoms with Crippen LogP contribution in [-0.4, -0.2) is 36.3 Å². The molecular formula is C20H22N2O4. The smallest absolute Gasteiger partial charge is 0.337 e. The van der Waals surface area contributed by atoms with Gasteiger partial charge in [-0.15, -0.1) is 0 Å². The molecule has 6 heteroatoms. The highest BCUT2D eigenvalue weighted by Crippen LogP contribution is 2.12. The first kappa shape index (κ1) is 19.2. The standard InChI is InChI=1S/C20H22N2O4/c1-14-6-4-7-16(10-14)12-22(15(2)23)13-19(24)21-18-9-5-8-17(11-18)20(25)26-3/h4-11H,12-13H2,1-3H3,(H,21,24). The minimum Gasteiger partial charge on any atom is -0.465 e. The third-order valence-electron chi connectivity index (χ3n) is 3.80. The van der Waals surface area contributed by atoms with Crippen LogP contribution in [0.4, 0.5) is 5.69 Å². The molecule has 0 saturated heterocycles. The maximum absolute atomic E-state index is 12.3. The summed E-state index contributed by atoms with van der Waals surface area (Å²) in [7, 11) is 1.30. The van der Waals surface area contributed by atoms with E-state index in [0.29, 0.717) is 17.8 Å². The first-order chi connectivity index (χ1) is 12.4. The second kappa shape index (κ2) is 8.80. The SMILES string of the molecule is COC(=O)c1cccc(NC(=O)CN(Cc2cccc(C)c2)C(C)=O)c1. The van der Waals surface area contributed by atoms with E-state index in [9.17, 15) is 14.4 Å². The summed E-state index contributed by atoms with van der Waals surface area (Å²) in [6.07, 6.45) is 0. The van der Waals surface area contributed by atoms with E-state index < -0.39 is 5.97 Å². The van der Waals surface area contributed by atoms with Crippen LogP contribution in [0.15, 0.2) is 48.5 Å². The fourth-order valence-corrected chi connectivity index (χ4v) is 2.53. The zero-order chi connectivity index (χ0) is 19.1. The number of nitrogens with one attached hydrogen (secondary N) is 1. The van der Waals surface area contributed by atoms with E-state index in [2.05, 4.69) is 10.1 Å². The summed E-state index contributed by atoms with van der Waals surface area (Å²) in [5.74, 6) is -1.01. The van der Waals surface area contributed by atoms with E-state index in [0.717, 1.165) is 11.1 Å². The third-order valence-corrected chi connectivity index (χ3v) is 3.80. The Morgan fingerprint density at radius 1 is 1.08 bits per heavy atom. The van der Waals surface area contributed by atoms with Crippen LogP contribution in [0.25, 0.3) is 0 Å². The van der Waals surface area contributed by atoms with Crippen molar-refractivity contribution in [2.45, 2.75) is 20.4 Å². The van der Waals surface area contributed by atoms with Gasteiger partial charge in [-0.2, -0.15) is 0 Å². The van der Waals surface area contributed by atoms with Crippen LogP contribution in [0.3, 0.4) is 0 Å². The Balaban J connectivity index is 2.04. The summed E-state index contributed by atoms with van der Waals surface area (Å²) in [6, 6.07) is 14.2. The molecule has 0 spiro atoms. The van der Waals surface area contributed by atoms with Crippen molar-refractivity contribution in [3.63, 3.8) is 0 Å². The van der Waals surface area contributed by atoms with Crippen molar-refractivity contribution in [1.29, 1.82) is 0 Å². The van der Waals surface area contributed by atoms with Crippen molar-refractivity contribution in [2.75, 3.05) is 19.0 Å². The minimum atomic E-state index is -0.481. The molecule has 0 atom stereocenters. The minimum absolute atomic E-state index is 0.0777. The molecule has 1 N–H and O–H groups in total. The first-order valence-electron chi connectivity index (χ1n) is 8.18. The number of carbonyl (C=O) groups is 3. The second-order valence-electron chi connectivity index (χ2n) is 5.98. The Kier molecular flexibility index (Phi) is 6.49. The number of methoxy groups -OCH3 is 1. The van der Waals surface area contributed by atoms with E-state index in [1.54, 1.807) is 18.2 Å². The molecule has 0 fully saturated rings. The van der Waals surface area contributed by atoms with Gasteiger partial charge in [0.2, 0.25) is 11.8 Å². The van der Waals surface area contributed by atoms with E-state index in [-0.39, 0.29) is 18.4 Å². The van der Waals surface area contributed by atoms with Crippen LogP contribution in [0, 0.1) is 6.92 Å². The molecule has 26 heavy (non-hydrogen) atoms. The Bertz CT molecular complexity index is 817. The molecule has 136 valence electrons. The van der Waals surface area contributed by atoms with E-state index >= 15 is 0 Å². The molecule has 2 aromatic carbocycles. The van der Waals surface area contributed by atoms with E-state index in [1.165, 1.54) is 25.0 Å². The van der Waals surface area contributed by atoms with Gasteiger partial charge in [0.25, 0.3) is 0 Å². The van der Waals surface area contributed by atoms with Crippen LogP contribution in [0.5, 0.6) is 0 Å². The zero-order valence-corrected chi connectivity index (χ0v) is 15.1. The molecular weight excluding hydrogens is 332 g/mol. The monoisotopic (exact) mass is 354 g/mol. The number of hydrogen-bond donors (Lipinski definition) is 1. The van der Waals surface area contributed by atoms with Crippen LogP contribution >= 0.6 is 0 Å². The number of ether oxygens (including phenoxy) is 1. The van der Waals surface area contributed by atoms with Gasteiger partial charge < -0.3 is 15.0 Å². The highest BCUT2D eigenvalue weighted by Gasteiger charge is 2.15. The van der Waals surface area contributed by atoms with Crippen molar-refractivity contribution in [3.8, 4) is 0 Å². The quantitative estimate of drug-likeness (QED) is 0.810. The molecule has 0 bridgehead atoms. The van der Waals surface area contributed by atoms with Gasteiger partial charge in [0, 0.05) is 19.2 Å². The summed E-state index contributed by atoms with van der Waals surface area (Å²) in [5, 5.41) is 2.70. The number of hydrogen-bond acceptors (Lipinski definition) is 4. The van der Waals surface area contributed by atoms with Gasteiger partial charge in [-0.3, -0.25) is 9.59 Å². The summed E-state index contributed by atoms with van der Waals surface area (Å²) >= 11 is 0. The maximum atomic E-state index is 12.3. The molecule has 0 radical (unpaired) electrons. The fourth-order valence-electron chi connectivity index (χ4n) is 2.53. The summed E-state index contributed by atoms with van der Waals surface area (Å²) in [6.45, 7) is 3.68. The van der Waals surface area contributed by atoms with Crippen LogP contribution < -0.4 is 5.32 Å². The molecule has 0 aromatic heterocycles. The lowest BCUT2D eigenvalue weighted by Crippen LogP contribution is -2.36. The molecule has 0 aliphatic carbocycles. The number of amides is 2. The number of anilines is 1. The van der Waals surface area contributed by atoms with Crippen LogP contribution in [-0.2, 0) is 20.9 Å². The molecule has 0 aliphatic heterocycles. The summed E-state index contributed by atoms with van der Waals surface area (Å²) in [4.78, 5) is 37.2. The van der Waals surface area contributed by atoms with Gasteiger partial charge >= 0.3 is 5.97 Å². The molecule has 2 amide bonds. The van der Waals surface area contributed by atoms with Gasteiger partial charge in [0.1, 0.15) is 6.54 Å². The van der Waals surface area contributed by atoms with Crippen molar-refractivity contribution < 1.29 is 19.1 Å². The average Bonchev–Trinajstić information content (AvgIpc) is 2.60. The number of rotatable bonds is 6. The Hall–Kier alpha value is -3.15. The molecule has 0 unspecified atom stereocenters. The zero-order valence-electron chi connectivity index (χ0n) is 15.1. The molecule has 0 saturated carbocycles. The molecule has 2 rings (SSSR count). The highest BCUT2D eigenvalue weighted by molar-refractivity contribution is 5.96. The van der Waals surface area contributed by atoms with Crippen molar-refractivity contribution >= 4 is 23.5 Å². The molecule has 0 aliphatic rings. The summed E-state index contributed by atoms with van der Waals surface area (Å²) in [5.41, 5.74) is 2.86. The van der Waals surface area contributed by atoms with Gasteiger partial charge in [-0.1, -0.05) is 35.9 Å². The number of aryl methyl sites for hydroxylation is 1. The molecule has 0 heterocycles. The van der Waals surface area contributed by atoms with Crippen molar-refractivity contribution in [3.05, 3.63) is 65.2 Å². The Labute approximate surface area is 152 Å². The predicted octanol–water partition coefficient (Wildman–Crippen LogP) is 2.77. The number of carbonyl (C=O) groups excluding carboxylic acids is 3. The van der Waals surface area contributed by atoms with Gasteiger partial charge in [0.05, 0.1) is 12.7 Å². The van der Waals surface area contributed by atoms with E-state index in [4.69, 9.17) is 0 Å².